The van der Waals surface area contributed by atoms with E-state index in [0.717, 1.165) is 65.5 Å². The highest BCUT2D eigenvalue weighted by molar-refractivity contribution is 7.14. The molecular weight excluding hydrogens is 545 g/mol. The first kappa shape index (κ1) is 30.4. The van der Waals surface area contributed by atoms with Crippen LogP contribution in [-0.4, -0.2) is 11.6 Å². The average molecular weight is 585 g/mol. The lowest BCUT2D eigenvalue weighted by molar-refractivity contribution is -0.113. The lowest BCUT2D eigenvalue weighted by Gasteiger charge is -2.26. The molecule has 3 aromatic rings. The van der Waals surface area contributed by atoms with Gasteiger partial charge < -0.3 is 0 Å². The highest BCUT2D eigenvalue weighted by Gasteiger charge is 2.30. The summed E-state index contributed by atoms with van der Waals surface area (Å²) in [5.74, 6) is 0.226. The molecule has 0 saturated carbocycles. The van der Waals surface area contributed by atoms with Crippen molar-refractivity contribution in [3.05, 3.63) is 151 Å². The second-order valence-electron chi connectivity index (χ2n) is 13.5. The van der Waals surface area contributed by atoms with Crippen LogP contribution >= 0.6 is 11.3 Å². The fourth-order valence-electron chi connectivity index (χ4n) is 5.67. The maximum atomic E-state index is 13.2. The number of carbonyl (C=O) groups is 2. The first-order chi connectivity index (χ1) is 20.3. The van der Waals surface area contributed by atoms with Gasteiger partial charge in [0.25, 0.3) is 0 Å². The minimum Gasteiger partial charge on any atom is -0.289 e. The van der Waals surface area contributed by atoms with Crippen molar-refractivity contribution in [2.45, 2.75) is 55.4 Å². The summed E-state index contributed by atoms with van der Waals surface area (Å²) >= 11 is 1.74. The molecule has 0 atom stereocenters. The maximum absolute atomic E-state index is 13.2. The summed E-state index contributed by atoms with van der Waals surface area (Å²) < 4.78 is 0. The van der Waals surface area contributed by atoms with E-state index in [4.69, 9.17) is 0 Å². The summed E-state index contributed by atoms with van der Waals surface area (Å²) in [5.41, 5.74) is 9.15. The topological polar surface area (TPSA) is 34.1 Å². The molecular formula is C40H40O2S. The molecule has 0 fully saturated rings. The van der Waals surface area contributed by atoms with E-state index in [9.17, 15) is 9.59 Å². The molecule has 1 heterocycles. The van der Waals surface area contributed by atoms with Crippen LogP contribution in [0.4, 0.5) is 0 Å². The quantitative estimate of drug-likeness (QED) is 0.306. The van der Waals surface area contributed by atoms with Crippen LogP contribution in [0.25, 0.3) is 11.1 Å². The first-order valence-corrected chi connectivity index (χ1v) is 15.7. The molecule has 5 rings (SSSR count). The van der Waals surface area contributed by atoms with Crippen molar-refractivity contribution in [1.82, 2.24) is 0 Å². The third kappa shape index (κ3) is 6.19. The van der Waals surface area contributed by atoms with Crippen LogP contribution in [0, 0.1) is 10.8 Å². The summed E-state index contributed by atoms with van der Waals surface area (Å²) in [6, 6.07) is 25.3. The summed E-state index contributed by atoms with van der Waals surface area (Å²) in [6.07, 6.45) is 8.25. The Hall–Kier alpha value is -4.08. The van der Waals surface area contributed by atoms with E-state index in [1.54, 1.807) is 11.3 Å². The van der Waals surface area contributed by atoms with Gasteiger partial charge in [0, 0.05) is 32.0 Å². The van der Waals surface area contributed by atoms with E-state index in [-0.39, 0.29) is 22.4 Å². The molecule has 218 valence electrons. The van der Waals surface area contributed by atoms with E-state index in [2.05, 4.69) is 114 Å². The molecule has 0 unspecified atom stereocenters. The minimum absolute atomic E-state index is 0.113. The average Bonchev–Trinajstić information content (AvgIpc) is 3.41. The molecule has 2 aliphatic rings. The number of benzene rings is 2. The normalized spacial score (nSPS) is 18.5. The van der Waals surface area contributed by atoms with Crippen molar-refractivity contribution < 1.29 is 9.59 Å². The third-order valence-electron chi connectivity index (χ3n) is 7.97. The second kappa shape index (κ2) is 11.5. The summed E-state index contributed by atoms with van der Waals surface area (Å²) in [6.45, 7) is 16.4. The van der Waals surface area contributed by atoms with Crippen LogP contribution in [0.5, 0.6) is 0 Å². The zero-order valence-electron chi connectivity index (χ0n) is 26.5. The molecule has 0 bridgehead atoms. The Bertz CT molecular complexity index is 1650. The third-order valence-corrected chi connectivity index (χ3v) is 9.09. The zero-order chi connectivity index (χ0) is 31.1. The van der Waals surface area contributed by atoms with Gasteiger partial charge in [0.2, 0.25) is 0 Å². The van der Waals surface area contributed by atoms with Gasteiger partial charge in [0.1, 0.15) is 0 Å². The highest BCUT2D eigenvalue weighted by Crippen LogP contribution is 2.43. The number of carbonyl (C=O) groups excluding carboxylic acids is 2. The van der Waals surface area contributed by atoms with Crippen LogP contribution in [0.15, 0.2) is 131 Å². The standard InChI is InChI=1S/C40H40O2S/c1-25-21-29(23-31(37(25)41)39(3,4)5)35(27-15-11-9-12-16-27)33-19-20-34(43-33)36(28-17-13-10-14-18-28)30-22-26(2)38(42)32(24-30)40(6,7)8/h9-24H,1-8H3. The largest absolute Gasteiger partial charge is 0.289 e. The Morgan fingerprint density at radius 1 is 0.512 bits per heavy atom. The summed E-state index contributed by atoms with van der Waals surface area (Å²) in [5, 5.41) is 0. The Balaban J connectivity index is 1.78. The Kier molecular flexibility index (Phi) is 8.15. The molecule has 1 aromatic heterocycles. The molecule has 0 spiro atoms. The molecule has 2 nitrogen and oxygen atoms in total. The molecule has 2 aliphatic carbocycles. The van der Waals surface area contributed by atoms with Crippen LogP contribution in [0.2, 0.25) is 0 Å². The fourth-order valence-corrected chi connectivity index (χ4v) is 6.85. The number of allylic oxidation sites excluding steroid dienone is 10. The second-order valence-corrected chi connectivity index (χ2v) is 14.6. The molecule has 0 amide bonds. The van der Waals surface area contributed by atoms with Gasteiger partial charge in [0.05, 0.1) is 0 Å². The van der Waals surface area contributed by atoms with Gasteiger partial charge in [-0.15, -0.1) is 11.3 Å². The predicted octanol–water partition coefficient (Wildman–Crippen LogP) is 10.4. The van der Waals surface area contributed by atoms with Gasteiger partial charge in [-0.25, -0.2) is 0 Å². The highest BCUT2D eigenvalue weighted by atomic mass is 32.1. The molecule has 0 aliphatic heterocycles. The van der Waals surface area contributed by atoms with Crippen molar-refractivity contribution >= 4 is 34.0 Å². The van der Waals surface area contributed by atoms with Crippen LogP contribution in [-0.2, 0) is 9.59 Å². The van der Waals surface area contributed by atoms with Crippen molar-refractivity contribution in [3.8, 4) is 0 Å². The Labute approximate surface area is 260 Å². The Morgan fingerprint density at radius 2 is 0.860 bits per heavy atom. The number of rotatable bonds is 4. The number of hydrogen-bond donors (Lipinski definition) is 0. The SMILES string of the molecule is CC1=CC(=C(c2ccccc2)c2ccc(C(=C3C=C(C)C(=O)C(C(C)(C)C)=C3)c3ccccc3)s2)C=C(C(C)(C)C)C1=O. The van der Waals surface area contributed by atoms with E-state index in [1.165, 1.54) is 0 Å². The number of Topliss-reactive ketones (excluding diaryl/α,β-unsaturated/α-hetero) is 2. The van der Waals surface area contributed by atoms with Gasteiger partial charge in [-0.3, -0.25) is 9.59 Å². The van der Waals surface area contributed by atoms with Crippen molar-refractivity contribution in [1.29, 1.82) is 0 Å². The van der Waals surface area contributed by atoms with Gasteiger partial charge in [-0.05, 0) is 94.5 Å². The smallest absolute Gasteiger partial charge is 0.185 e. The summed E-state index contributed by atoms with van der Waals surface area (Å²) in [7, 11) is 0. The van der Waals surface area contributed by atoms with Gasteiger partial charge >= 0.3 is 0 Å². The Morgan fingerprint density at radius 3 is 1.19 bits per heavy atom. The zero-order valence-corrected chi connectivity index (χ0v) is 27.3. The van der Waals surface area contributed by atoms with E-state index in [1.807, 2.05) is 38.1 Å². The van der Waals surface area contributed by atoms with Crippen molar-refractivity contribution in [2.75, 3.05) is 0 Å². The maximum Gasteiger partial charge on any atom is 0.185 e. The van der Waals surface area contributed by atoms with E-state index < -0.39 is 0 Å². The lowest BCUT2D eigenvalue weighted by atomic mass is 9.77. The molecule has 0 N–H and O–H groups in total. The van der Waals surface area contributed by atoms with Crippen LogP contribution in [0.1, 0.15) is 76.3 Å². The first-order valence-electron chi connectivity index (χ1n) is 14.9. The van der Waals surface area contributed by atoms with Crippen LogP contribution in [0.3, 0.4) is 0 Å². The monoisotopic (exact) mass is 584 g/mol. The van der Waals surface area contributed by atoms with Gasteiger partial charge in [-0.2, -0.15) is 0 Å². The number of thiophene rings is 1. The number of hydrogen-bond acceptors (Lipinski definition) is 3. The minimum atomic E-state index is -0.273. The molecule has 43 heavy (non-hydrogen) atoms. The van der Waals surface area contributed by atoms with Crippen molar-refractivity contribution in [2.24, 2.45) is 10.8 Å². The van der Waals surface area contributed by atoms with Gasteiger partial charge in [0.15, 0.2) is 11.6 Å². The van der Waals surface area contributed by atoms with E-state index in [0.29, 0.717) is 0 Å². The molecule has 2 aromatic carbocycles. The molecule has 0 radical (unpaired) electrons. The van der Waals surface area contributed by atoms with E-state index >= 15 is 0 Å². The summed E-state index contributed by atoms with van der Waals surface area (Å²) in [4.78, 5) is 28.6. The molecule has 3 heteroatoms. The van der Waals surface area contributed by atoms with Crippen molar-refractivity contribution in [3.63, 3.8) is 0 Å². The van der Waals surface area contributed by atoms with Crippen LogP contribution < -0.4 is 0 Å². The fraction of sp³-hybridized carbons (Fsp3) is 0.250. The lowest BCUT2D eigenvalue weighted by Crippen LogP contribution is -2.21. The predicted molar refractivity (Wildman–Crippen MR) is 182 cm³/mol. The number of ketones is 2. The van der Waals surface area contributed by atoms with Gasteiger partial charge in [-0.1, -0.05) is 102 Å². The molecule has 0 saturated heterocycles.